The monoisotopic (exact) mass is 461 g/mol. The molecule has 2 aliphatic heterocycles. The highest BCUT2D eigenvalue weighted by molar-refractivity contribution is 5.78. The first-order valence-corrected chi connectivity index (χ1v) is 11.3. The molecule has 7 nitrogen and oxygen atoms in total. The number of halogens is 3. The zero-order chi connectivity index (χ0) is 23.2. The van der Waals surface area contributed by atoms with Gasteiger partial charge in [0.25, 0.3) is 11.8 Å². The lowest BCUT2D eigenvalue weighted by molar-refractivity contribution is -0.133. The predicted molar refractivity (Wildman–Crippen MR) is 116 cm³/mol. The number of benzene rings is 1. The Morgan fingerprint density at radius 2 is 2.03 bits per heavy atom. The van der Waals surface area contributed by atoms with Gasteiger partial charge in [-0.25, -0.2) is 14.4 Å². The van der Waals surface area contributed by atoms with Crippen molar-refractivity contribution in [1.29, 1.82) is 0 Å². The number of rotatable bonds is 5. The number of alkyl halides is 2. The fraction of sp³-hybridized carbons (Fsp3) is 0.522. The van der Waals surface area contributed by atoms with Gasteiger partial charge in [0.2, 0.25) is 5.95 Å². The minimum Gasteiger partial charge on any atom is -0.481 e. The van der Waals surface area contributed by atoms with E-state index in [0.717, 1.165) is 19.5 Å². The minimum absolute atomic E-state index is 0.0603. The molecule has 1 aliphatic carbocycles. The summed E-state index contributed by atoms with van der Waals surface area (Å²) in [5, 5.41) is 3.16. The highest BCUT2D eigenvalue weighted by Gasteiger charge is 2.44. The van der Waals surface area contributed by atoms with E-state index in [0.29, 0.717) is 36.5 Å². The summed E-state index contributed by atoms with van der Waals surface area (Å²) in [4.78, 5) is 24.6. The number of nitrogens with one attached hydrogen (secondary N) is 1. The number of hydrogen-bond donors (Lipinski definition) is 1. The smallest absolute Gasteiger partial charge is 0.290 e. The molecule has 10 heteroatoms. The quantitative estimate of drug-likeness (QED) is 0.739. The van der Waals surface area contributed by atoms with Crippen molar-refractivity contribution in [3.8, 4) is 17.0 Å². The van der Waals surface area contributed by atoms with Crippen LogP contribution >= 0.6 is 0 Å². The Morgan fingerprint density at radius 1 is 1.24 bits per heavy atom. The zero-order valence-corrected chi connectivity index (χ0v) is 18.4. The molecule has 0 saturated carbocycles. The molecule has 1 aromatic heterocycles. The first-order valence-electron chi connectivity index (χ1n) is 11.3. The van der Waals surface area contributed by atoms with Crippen LogP contribution in [0.15, 0.2) is 18.2 Å². The summed E-state index contributed by atoms with van der Waals surface area (Å²) >= 11 is 0. The van der Waals surface area contributed by atoms with E-state index in [-0.39, 0.29) is 48.8 Å². The minimum atomic E-state index is -3.03. The summed E-state index contributed by atoms with van der Waals surface area (Å²) in [6.45, 7) is 5.04. The summed E-state index contributed by atoms with van der Waals surface area (Å²) < 4.78 is 49.3. The normalized spacial score (nSPS) is 21.5. The summed E-state index contributed by atoms with van der Waals surface area (Å²) in [5.74, 6) is -3.70. The number of fused-ring (bicyclic) bond motifs is 1. The van der Waals surface area contributed by atoms with Gasteiger partial charge in [-0.2, -0.15) is 8.78 Å². The lowest BCUT2D eigenvalue weighted by atomic mass is 10.0. The molecular weight excluding hydrogens is 435 g/mol. The molecule has 3 heterocycles. The molecule has 0 bridgehead atoms. The van der Waals surface area contributed by atoms with Crippen molar-refractivity contribution in [1.82, 2.24) is 20.2 Å². The van der Waals surface area contributed by atoms with Crippen LogP contribution in [0.4, 0.5) is 19.1 Å². The van der Waals surface area contributed by atoms with Gasteiger partial charge in [-0.15, -0.1) is 0 Å². The molecule has 0 unspecified atom stereocenters. The molecule has 0 spiro atoms. The predicted octanol–water partition coefficient (Wildman–Crippen LogP) is 2.73. The van der Waals surface area contributed by atoms with Crippen LogP contribution in [0.5, 0.6) is 5.75 Å². The molecule has 1 amide bonds. The number of carbonyl (C=O) groups is 1. The SMILES string of the molecule is C[C@H]1CCN1c1nc(-c2ccc(OCC(=O)N3CCNCC3)c(F)c2)c2c(n1)C(F)(F)CC2. The molecular formula is C23H26F3N5O2. The number of hydrogen-bond acceptors (Lipinski definition) is 6. The molecule has 33 heavy (non-hydrogen) atoms. The highest BCUT2D eigenvalue weighted by Crippen LogP contribution is 2.45. The van der Waals surface area contributed by atoms with Crippen LogP contribution in [0.1, 0.15) is 31.0 Å². The van der Waals surface area contributed by atoms with Crippen molar-refractivity contribution in [2.45, 2.75) is 38.2 Å². The number of carbonyl (C=O) groups excluding carboxylic acids is 1. The lowest BCUT2D eigenvalue weighted by Crippen LogP contribution is -2.47. The maximum Gasteiger partial charge on any atom is 0.290 e. The van der Waals surface area contributed by atoms with Crippen molar-refractivity contribution >= 4 is 11.9 Å². The van der Waals surface area contributed by atoms with Gasteiger partial charge in [-0.3, -0.25) is 4.79 Å². The zero-order valence-electron chi connectivity index (χ0n) is 18.4. The summed E-state index contributed by atoms with van der Waals surface area (Å²) in [6, 6.07) is 4.42. The van der Waals surface area contributed by atoms with E-state index in [1.54, 1.807) is 11.0 Å². The maximum atomic E-state index is 14.9. The molecule has 2 aromatic rings. The Labute approximate surface area is 189 Å². The molecule has 0 radical (unpaired) electrons. The van der Waals surface area contributed by atoms with Crippen molar-refractivity contribution in [2.24, 2.45) is 0 Å². The van der Waals surface area contributed by atoms with Gasteiger partial charge in [0.05, 0.1) is 5.69 Å². The second-order valence-electron chi connectivity index (χ2n) is 8.80. The van der Waals surface area contributed by atoms with E-state index < -0.39 is 11.7 Å². The molecule has 1 aromatic carbocycles. The van der Waals surface area contributed by atoms with Gasteiger partial charge in [0, 0.05) is 56.3 Å². The van der Waals surface area contributed by atoms with E-state index in [2.05, 4.69) is 15.3 Å². The fourth-order valence-electron chi connectivity index (χ4n) is 4.50. The molecule has 2 fully saturated rings. The van der Waals surface area contributed by atoms with E-state index in [4.69, 9.17) is 4.74 Å². The molecule has 1 atom stereocenters. The van der Waals surface area contributed by atoms with Crippen molar-refractivity contribution in [3.05, 3.63) is 35.3 Å². The Balaban J connectivity index is 1.40. The van der Waals surface area contributed by atoms with E-state index in [1.807, 2.05) is 11.8 Å². The van der Waals surface area contributed by atoms with Crippen LogP contribution < -0.4 is 15.0 Å². The first-order chi connectivity index (χ1) is 15.8. The highest BCUT2D eigenvalue weighted by atomic mass is 19.3. The molecule has 3 aliphatic rings. The second kappa shape index (κ2) is 8.48. The Morgan fingerprint density at radius 3 is 2.70 bits per heavy atom. The average molecular weight is 461 g/mol. The van der Waals surface area contributed by atoms with Crippen LogP contribution in [-0.4, -0.2) is 66.1 Å². The summed E-state index contributed by atoms with van der Waals surface area (Å²) in [5.41, 5.74) is 0.815. The maximum absolute atomic E-state index is 14.9. The molecule has 2 saturated heterocycles. The summed E-state index contributed by atoms with van der Waals surface area (Å²) in [7, 11) is 0. The Bertz CT molecular complexity index is 1070. The number of aromatic nitrogens is 2. The number of nitrogens with zero attached hydrogens (tertiary/aromatic N) is 4. The van der Waals surface area contributed by atoms with Crippen LogP contribution in [0.3, 0.4) is 0 Å². The van der Waals surface area contributed by atoms with Gasteiger partial charge >= 0.3 is 0 Å². The Hall–Kier alpha value is -2.88. The standard InChI is InChI=1S/C23H26F3N5O2/c1-14-5-9-31(14)22-28-20(16-4-6-23(25,26)21(16)29-22)15-2-3-18(17(24)12-15)33-13-19(32)30-10-7-27-8-11-30/h2-3,12,14,27H,4-11,13H2,1H3/t14-/m0/s1. The summed E-state index contributed by atoms with van der Waals surface area (Å²) in [6.07, 6.45) is 0.743. The van der Waals surface area contributed by atoms with E-state index in [1.165, 1.54) is 12.1 Å². The number of anilines is 1. The van der Waals surface area contributed by atoms with Gasteiger partial charge in [0.15, 0.2) is 18.2 Å². The lowest BCUT2D eigenvalue weighted by Gasteiger charge is -2.39. The largest absolute Gasteiger partial charge is 0.481 e. The van der Waals surface area contributed by atoms with Gasteiger partial charge in [-0.1, -0.05) is 0 Å². The molecule has 1 N–H and O–H groups in total. The number of ether oxygens (including phenoxy) is 1. The van der Waals surface area contributed by atoms with E-state index >= 15 is 0 Å². The van der Waals surface area contributed by atoms with Crippen LogP contribution in [0.25, 0.3) is 11.3 Å². The van der Waals surface area contributed by atoms with Crippen LogP contribution in [0, 0.1) is 5.82 Å². The topological polar surface area (TPSA) is 70.6 Å². The molecule has 5 rings (SSSR count). The molecule has 176 valence electrons. The van der Waals surface area contributed by atoms with Crippen molar-refractivity contribution in [3.63, 3.8) is 0 Å². The van der Waals surface area contributed by atoms with Crippen LogP contribution in [-0.2, 0) is 17.1 Å². The van der Waals surface area contributed by atoms with Crippen LogP contribution in [0.2, 0.25) is 0 Å². The third-order valence-corrected chi connectivity index (χ3v) is 6.63. The first kappa shape index (κ1) is 21.9. The van der Waals surface area contributed by atoms with Gasteiger partial charge < -0.3 is 19.9 Å². The second-order valence-corrected chi connectivity index (χ2v) is 8.80. The third-order valence-electron chi connectivity index (χ3n) is 6.63. The van der Waals surface area contributed by atoms with Crippen molar-refractivity contribution in [2.75, 3.05) is 44.2 Å². The van der Waals surface area contributed by atoms with Crippen molar-refractivity contribution < 1.29 is 22.7 Å². The van der Waals surface area contributed by atoms with Gasteiger partial charge in [-0.05, 0) is 38.0 Å². The number of amides is 1. The third kappa shape index (κ3) is 4.12. The van der Waals surface area contributed by atoms with Gasteiger partial charge in [0.1, 0.15) is 5.69 Å². The Kier molecular flexibility index (Phi) is 5.64. The fourth-order valence-corrected chi connectivity index (χ4v) is 4.50. The average Bonchev–Trinajstić information content (AvgIpc) is 3.11. The number of piperazine rings is 1. The van der Waals surface area contributed by atoms with E-state index in [9.17, 15) is 18.0 Å².